The minimum atomic E-state index is -2.07. The average Bonchev–Trinajstić information content (AvgIpc) is 3.00. The highest BCUT2D eigenvalue weighted by atomic mass is 79.9. The van der Waals surface area contributed by atoms with Crippen LogP contribution in [0.4, 0.5) is 17.1 Å². The van der Waals surface area contributed by atoms with Crippen molar-refractivity contribution in [3.05, 3.63) is 73.2 Å². The Labute approximate surface area is 281 Å². The van der Waals surface area contributed by atoms with Crippen LogP contribution in [-0.4, -0.2) is 8.07 Å². The van der Waals surface area contributed by atoms with Gasteiger partial charge in [0.25, 0.3) is 0 Å². The van der Waals surface area contributed by atoms with Crippen LogP contribution >= 0.6 is 31.9 Å². The third-order valence-electron chi connectivity index (χ3n) is 10.5. The van der Waals surface area contributed by atoms with Gasteiger partial charge in [-0.2, -0.15) is 0 Å². The monoisotopic (exact) mass is 723 g/mol. The van der Waals surface area contributed by atoms with Gasteiger partial charge in [0.2, 0.25) is 0 Å². The lowest BCUT2D eigenvalue weighted by Crippen LogP contribution is -2.62. The van der Waals surface area contributed by atoms with E-state index in [0.717, 1.165) is 0 Å². The van der Waals surface area contributed by atoms with Crippen molar-refractivity contribution < 1.29 is 0 Å². The van der Waals surface area contributed by atoms with Gasteiger partial charge in [0.05, 0.1) is 5.69 Å². The fraction of sp³-hybridized carbons (Fsp3) is 0.538. The summed E-state index contributed by atoms with van der Waals surface area (Å²) >= 11 is 7.90. The third-order valence-corrected chi connectivity index (χ3v) is 16.8. The van der Waals surface area contributed by atoms with Crippen LogP contribution in [0.15, 0.2) is 45.3 Å². The van der Waals surface area contributed by atoms with Gasteiger partial charge in [-0.25, -0.2) is 0 Å². The molecule has 0 N–H and O–H groups in total. The molecule has 43 heavy (non-hydrogen) atoms. The smallest absolute Gasteiger partial charge is 0.123 e. The molecule has 0 saturated carbocycles. The molecule has 1 aliphatic rings. The molecule has 3 aromatic rings. The maximum Gasteiger partial charge on any atom is 0.123 e. The summed E-state index contributed by atoms with van der Waals surface area (Å²) in [6.07, 6.45) is 16.3. The predicted molar refractivity (Wildman–Crippen MR) is 202 cm³/mol. The molecule has 234 valence electrons. The Balaban J connectivity index is 1.90. The van der Waals surface area contributed by atoms with Crippen LogP contribution in [0.5, 0.6) is 0 Å². The molecule has 1 nitrogen and oxygen atoms in total. The maximum atomic E-state index is 3.95. The molecule has 0 fully saturated rings. The largest absolute Gasteiger partial charge is 0.310 e. The van der Waals surface area contributed by atoms with Gasteiger partial charge in [-0.05, 0) is 121 Å². The lowest BCUT2D eigenvalue weighted by atomic mass is 9.91. The van der Waals surface area contributed by atoms with E-state index in [0.29, 0.717) is 0 Å². The number of anilines is 3. The first kappa shape index (κ1) is 34.5. The zero-order chi connectivity index (χ0) is 31.1. The van der Waals surface area contributed by atoms with Gasteiger partial charge in [0.1, 0.15) is 8.07 Å². The second-order valence-electron chi connectivity index (χ2n) is 13.2. The van der Waals surface area contributed by atoms with Crippen LogP contribution < -0.4 is 15.3 Å². The molecule has 1 aliphatic heterocycles. The van der Waals surface area contributed by atoms with Crippen LogP contribution in [-0.2, 0) is 0 Å². The summed E-state index contributed by atoms with van der Waals surface area (Å²) in [5.41, 5.74) is 11.3. The van der Waals surface area contributed by atoms with E-state index in [9.17, 15) is 0 Å². The zero-order valence-corrected chi connectivity index (χ0v) is 32.2. The highest BCUT2D eigenvalue weighted by molar-refractivity contribution is 9.10. The van der Waals surface area contributed by atoms with Crippen molar-refractivity contribution in [2.24, 2.45) is 0 Å². The second kappa shape index (κ2) is 15.8. The van der Waals surface area contributed by atoms with Crippen molar-refractivity contribution >= 4 is 67.4 Å². The summed E-state index contributed by atoms with van der Waals surface area (Å²) in [6, 6.07) is 17.2. The van der Waals surface area contributed by atoms with Crippen molar-refractivity contribution in [3.8, 4) is 0 Å². The van der Waals surface area contributed by atoms with Gasteiger partial charge >= 0.3 is 0 Å². The minimum absolute atomic E-state index is 1.22. The summed E-state index contributed by atoms with van der Waals surface area (Å²) in [7, 11) is -2.07. The van der Waals surface area contributed by atoms with Crippen LogP contribution in [0.25, 0.3) is 0 Å². The van der Waals surface area contributed by atoms with Crippen LogP contribution in [0.2, 0.25) is 12.1 Å². The van der Waals surface area contributed by atoms with E-state index in [2.05, 4.69) is 122 Å². The molecule has 0 atom stereocenters. The van der Waals surface area contributed by atoms with Gasteiger partial charge in [-0.1, -0.05) is 123 Å². The third kappa shape index (κ3) is 7.38. The Morgan fingerprint density at radius 2 is 0.884 bits per heavy atom. The highest BCUT2D eigenvalue weighted by Crippen LogP contribution is 2.46. The van der Waals surface area contributed by atoms with Crippen LogP contribution in [0, 0.1) is 34.6 Å². The maximum absolute atomic E-state index is 3.95. The second-order valence-corrected chi connectivity index (χ2v) is 19.3. The number of halogens is 2. The minimum Gasteiger partial charge on any atom is -0.310 e. The van der Waals surface area contributed by atoms with Gasteiger partial charge in [0.15, 0.2) is 0 Å². The Morgan fingerprint density at radius 1 is 0.512 bits per heavy atom. The normalized spacial score (nSPS) is 13.7. The van der Waals surface area contributed by atoms with Gasteiger partial charge in [0, 0.05) is 20.3 Å². The van der Waals surface area contributed by atoms with E-state index in [4.69, 9.17) is 0 Å². The van der Waals surface area contributed by atoms with E-state index < -0.39 is 8.07 Å². The molecular weight excluding hydrogens is 670 g/mol. The number of hydrogen-bond donors (Lipinski definition) is 0. The number of rotatable bonds is 15. The van der Waals surface area contributed by atoms with Crippen LogP contribution in [0.3, 0.4) is 0 Å². The molecule has 1 heterocycles. The first-order chi connectivity index (χ1) is 20.7. The van der Waals surface area contributed by atoms with Crippen molar-refractivity contribution in [1.82, 2.24) is 0 Å². The molecule has 0 unspecified atom stereocenters. The predicted octanol–water partition coefficient (Wildman–Crippen LogP) is 12.8. The Morgan fingerprint density at radius 3 is 1.30 bits per heavy atom. The van der Waals surface area contributed by atoms with E-state index in [-0.39, 0.29) is 0 Å². The molecule has 0 aromatic heterocycles. The molecular formula is C39H55Br2NSi. The molecule has 4 heteroatoms. The molecule has 0 amide bonds. The van der Waals surface area contributed by atoms with E-state index in [1.54, 1.807) is 10.4 Å². The van der Waals surface area contributed by atoms with Gasteiger partial charge < -0.3 is 4.90 Å². The summed E-state index contributed by atoms with van der Waals surface area (Å²) < 4.78 is 2.44. The lowest BCUT2D eigenvalue weighted by molar-refractivity contribution is 0.616. The standard InChI is InChI=1S/C39H55Br2NSi/c1-8-10-12-14-16-18-24-43(25-19-17-15-13-11-9-2)37-26-33(40)20-22-35(37)42(36-23-21-34(41)27-38(36)43)39-31(6)29(4)28(3)30(5)32(39)7/h20-23,26-27H,8-19,24-25H2,1-7H3. The fourth-order valence-corrected chi connectivity index (χ4v) is 14.3. The Kier molecular flexibility index (Phi) is 12.7. The number of unbranched alkanes of at least 4 members (excludes halogenated alkanes) is 10. The first-order valence-electron chi connectivity index (χ1n) is 17.1. The summed E-state index contributed by atoms with van der Waals surface area (Å²) in [6.45, 7) is 16.2. The van der Waals surface area contributed by atoms with E-state index >= 15 is 0 Å². The molecule has 4 rings (SSSR count). The van der Waals surface area contributed by atoms with E-state index in [1.807, 2.05) is 0 Å². The van der Waals surface area contributed by atoms with E-state index in [1.165, 1.54) is 143 Å². The first-order valence-corrected chi connectivity index (χ1v) is 21.1. The lowest BCUT2D eigenvalue weighted by Gasteiger charge is -2.46. The number of hydrogen-bond acceptors (Lipinski definition) is 1. The molecule has 0 saturated heterocycles. The SMILES string of the molecule is CCCCCCCC[Si]1(CCCCCCCC)c2cc(Br)ccc2N(c2c(C)c(C)c(C)c(C)c2C)c2ccc(Br)cc21. The van der Waals surface area contributed by atoms with Crippen molar-refractivity contribution in [2.75, 3.05) is 4.90 Å². The molecule has 3 aromatic carbocycles. The van der Waals surface area contributed by atoms with Gasteiger partial charge in [-0.3, -0.25) is 0 Å². The summed E-state index contributed by atoms with van der Waals surface area (Å²) in [5, 5.41) is 3.29. The molecule has 0 spiro atoms. The fourth-order valence-electron chi connectivity index (χ4n) is 7.58. The summed E-state index contributed by atoms with van der Waals surface area (Å²) in [5.74, 6) is 0. The number of fused-ring (bicyclic) bond motifs is 2. The number of nitrogens with zero attached hydrogens (tertiary/aromatic N) is 1. The van der Waals surface area contributed by atoms with Gasteiger partial charge in [-0.15, -0.1) is 0 Å². The molecule has 0 bridgehead atoms. The zero-order valence-electron chi connectivity index (χ0n) is 28.1. The van der Waals surface area contributed by atoms with Crippen molar-refractivity contribution in [2.45, 2.75) is 138 Å². The molecule has 0 radical (unpaired) electrons. The Hall–Kier alpha value is -1.36. The van der Waals surface area contributed by atoms with Crippen molar-refractivity contribution in [3.63, 3.8) is 0 Å². The summed E-state index contributed by atoms with van der Waals surface area (Å²) in [4.78, 5) is 2.65. The van der Waals surface area contributed by atoms with Crippen LogP contribution in [0.1, 0.15) is 119 Å². The number of benzene rings is 3. The quantitative estimate of drug-likeness (QED) is 0.111. The van der Waals surface area contributed by atoms with Crippen molar-refractivity contribution in [1.29, 1.82) is 0 Å². The Bertz CT molecular complexity index is 1290. The highest BCUT2D eigenvalue weighted by Gasteiger charge is 2.45. The molecule has 0 aliphatic carbocycles. The topological polar surface area (TPSA) is 3.24 Å². The average molecular weight is 726 g/mol.